The Bertz CT molecular complexity index is 2320. The monoisotopic (exact) mass is 1450 g/mol. The molecule has 0 aromatic rings. The van der Waals surface area contributed by atoms with E-state index in [9.17, 15) is 43.2 Å². The zero-order chi connectivity index (χ0) is 73.2. The first kappa shape index (κ1) is 95.7. The lowest BCUT2D eigenvalue weighted by atomic mass is 10.1. The van der Waals surface area contributed by atoms with Gasteiger partial charge in [0.1, 0.15) is 19.3 Å². The number of rotatable bonds is 73. The molecule has 0 spiro atoms. The van der Waals surface area contributed by atoms with Crippen molar-refractivity contribution < 1.29 is 80.2 Å². The van der Waals surface area contributed by atoms with Crippen LogP contribution in [0.5, 0.6) is 0 Å². The molecule has 0 fully saturated rings. The number of phosphoric ester groups is 2. The molecule has 0 rings (SSSR count). The standard InChI is InChI=1S/C81H140O17P2/c1-5-9-13-17-21-25-29-32-34-36-37-39-41-44-47-50-54-58-62-66-78(83)91-71-76(97-80(85)67-63-59-55-51-45-28-24-20-16-12-8-4)73-95-99(87,88)93-69-75(82)70-94-100(89,90)96-74-77(98-81(86)68-64-60-56-52-48-42-31-27-23-19-15-11-7-3)72-92-79(84)65-61-57-53-49-46-43-40-38-35-33-30-26-22-18-14-10-6-2/h9-10,13-15,19,21-22,25-27,31-35,37,39,75-77,82H,5-8,11-12,16-18,20,23-24,28-30,36,38,40-74H2,1-4H3,(H,87,88)(H,89,90)/b13-9-,14-10-,19-15-,25-21-,26-22-,31-27-,34-32-,35-33-,39-37-. The third-order valence-electron chi connectivity index (χ3n) is 16.2. The van der Waals surface area contributed by atoms with Crippen LogP contribution in [0.2, 0.25) is 0 Å². The second-order valence-corrected chi connectivity index (χ2v) is 28.8. The molecule has 0 amide bonds. The van der Waals surface area contributed by atoms with Gasteiger partial charge in [-0.1, -0.05) is 285 Å². The van der Waals surface area contributed by atoms with Gasteiger partial charge in [-0.25, -0.2) is 9.13 Å². The molecule has 0 heterocycles. The largest absolute Gasteiger partial charge is 0.472 e. The number of allylic oxidation sites excluding steroid dienone is 18. The summed E-state index contributed by atoms with van der Waals surface area (Å²) < 4.78 is 68.5. The molecule has 0 aromatic heterocycles. The molecule has 576 valence electrons. The Kier molecular flexibility index (Phi) is 69.9. The van der Waals surface area contributed by atoms with Crippen LogP contribution in [0.15, 0.2) is 109 Å². The highest BCUT2D eigenvalue weighted by Gasteiger charge is 2.30. The average molecular weight is 1450 g/mol. The number of aliphatic hydroxyl groups is 1. The third kappa shape index (κ3) is 72.1. The molecular formula is C81H140O17P2. The maximum absolute atomic E-state index is 13.1. The van der Waals surface area contributed by atoms with E-state index >= 15 is 0 Å². The molecule has 5 unspecified atom stereocenters. The van der Waals surface area contributed by atoms with Crippen LogP contribution in [0.4, 0.5) is 0 Å². The van der Waals surface area contributed by atoms with Gasteiger partial charge in [-0.2, -0.15) is 0 Å². The molecule has 0 saturated heterocycles. The molecule has 100 heavy (non-hydrogen) atoms. The minimum absolute atomic E-state index is 0.0761. The zero-order valence-corrected chi connectivity index (χ0v) is 64.6. The van der Waals surface area contributed by atoms with Gasteiger partial charge in [0.2, 0.25) is 0 Å². The summed E-state index contributed by atoms with van der Waals surface area (Å²) >= 11 is 0. The fourth-order valence-corrected chi connectivity index (χ4v) is 11.9. The van der Waals surface area contributed by atoms with Crippen LogP contribution in [0.1, 0.15) is 323 Å². The Labute approximate surface area is 607 Å². The summed E-state index contributed by atoms with van der Waals surface area (Å²) in [6.45, 7) is 4.56. The molecule has 3 N–H and O–H groups in total. The van der Waals surface area contributed by atoms with E-state index < -0.39 is 97.5 Å². The van der Waals surface area contributed by atoms with Gasteiger partial charge in [0.05, 0.1) is 26.4 Å². The second-order valence-electron chi connectivity index (χ2n) is 25.9. The number of hydrogen-bond donors (Lipinski definition) is 3. The zero-order valence-electron chi connectivity index (χ0n) is 62.8. The van der Waals surface area contributed by atoms with Gasteiger partial charge in [0.15, 0.2) is 12.2 Å². The van der Waals surface area contributed by atoms with E-state index in [0.29, 0.717) is 25.7 Å². The van der Waals surface area contributed by atoms with E-state index in [-0.39, 0.29) is 25.7 Å². The molecule has 0 aliphatic rings. The van der Waals surface area contributed by atoms with Crippen molar-refractivity contribution in [3.8, 4) is 0 Å². The summed E-state index contributed by atoms with van der Waals surface area (Å²) in [6.07, 6.45) is 77.9. The van der Waals surface area contributed by atoms with Crippen molar-refractivity contribution in [3.05, 3.63) is 109 Å². The fraction of sp³-hybridized carbons (Fsp3) is 0.728. The molecule has 0 aliphatic carbocycles. The van der Waals surface area contributed by atoms with Crippen molar-refractivity contribution in [2.24, 2.45) is 0 Å². The number of carbonyl (C=O) groups is 4. The van der Waals surface area contributed by atoms with Gasteiger partial charge in [0, 0.05) is 25.7 Å². The van der Waals surface area contributed by atoms with Crippen molar-refractivity contribution in [2.75, 3.05) is 39.6 Å². The minimum Gasteiger partial charge on any atom is -0.462 e. The Balaban J connectivity index is 5.31. The van der Waals surface area contributed by atoms with E-state index in [1.807, 2.05) is 0 Å². The molecule has 0 aliphatic heterocycles. The van der Waals surface area contributed by atoms with Gasteiger partial charge < -0.3 is 33.8 Å². The second kappa shape index (κ2) is 73.0. The Hall–Kier alpha value is -4.28. The van der Waals surface area contributed by atoms with Gasteiger partial charge in [-0.05, 0) is 122 Å². The number of hydrogen-bond acceptors (Lipinski definition) is 15. The van der Waals surface area contributed by atoms with Crippen molar-refractivity contribution in [1.82, 2.24) is 0 Å². The van der Waals surface area contributed by atoms with Crippen LogP contribution >= 0.6 is 15.6 Å². The van der Waals surface area contributed by atoms with E-state index in [1.54, 1.807) is 0 Å². The quantitative estimate of drug-likeness (QED) is 0.0169. The average Bonchev–Trinajstić information content (AvgIpc) is 1.02. The van der Waals surface area contributed by atoms with Crippen molar-refractivity contribution >= 4 is 39.5 Å². The number of phosphoric acid groups is 2. The highest BCUT2D eigenvalue weighted by molar-refractivity contribution is 7.47. The van der Waals surface area contributed by atoms with Crippen molar-refractivity contribution in [1.29, 1.82) is 0 Å². The number of carbonyl (C=O) groups excluding carboxylic acids is 4. The summed E-state index contributed by atoms with van der Waals surface area (Å²) in [5.74, 6) is -2.20. The number of ether oxygens (including phenoxy) is 4. The Morgan fingerprint density at radius 3 is 0.840 bits per heavy atom. The molecule has 0 saturated carbocycles. The molecule has 19 heteroatoms. The summed E-state index contributed by atoms with van der Waals surface area (Å²) in [5.41, 5.74) is 0. The smallest absolute Gasteiger partial charge is 0.462 e. The first-order chi connectivity index (χ1) is 48.7. The molecule has 0 radical (unpaired) electrons. The van der Waals surface area contributed by atoms with E-state index in [0.717, 1.165) is 205 Å². The number of esters is 4. The normalized spacial score (nSPS) is 14.5. The van der Waals surface area contributed by atoms with Crippen LogP contribution < -0.4 is 0 Å². The van der Waals surface area contributed by atoms with Gasteiger partial charge >= 0.3 is 39.5 Å². The lowest BCUT2D eigenvalue weighted by molar-refractivity contribution is -0.161. The van der Waals surface area contributed by atoms with Crippen LogP contribution in [0, 0.1) is 0 Å². The lowest BCUT2D eigenvalue weighted by Gasteiger charge is -2.21. The van der Waals surface area contributed by atoms with Crippen LogP contribution in [-0.4, -0.2) is 96.7 Å². The van der Waals surface area contributed by atoms with Crippen molar-refractivity contribution in [2.45, 2.75) is 341 Å². The highest BCUT2D eigenvalue weighted by Crippen LogP contribution is 2.45. The highest BCUT2D eigenvalue weighted by atomic mass is 31.2. The predicted octanol–water partition coefficient (Wildman–Crippen LogP) is 22.6. The lowest BCUT2D eigenvalue weighted by Crippen LogP contribution is -2.30. The summed E-state index contributed by atoms with van der Waals surface area (Å²) in [5, 5.41) is 10.6. The van der Waals surface area contributed by atoms with Crippen LogP contribution in [0.3, 0.4) is 0 Å². The molecule has 5 atom stereocenters. The maximum atomic E-state index is 13.1. The maximum Gasteiger partial charge on any atom is 0.472 e. The minimum atomic E-state index is -4.98. The van der Waals surface area contributed by atoms with E-state index in [1.165, 1.54) is 38.5 Å². The number of unbranched alkanes of at least 4 members (excludes halogenated alkanes) is 29. The molecular weight excluding hydrogens is 1310 g/mol. The fourth-order valence-electron chi connectivity index (χ4n) is 10.3. The van der Waals surface area contributed by atoms with Gasteiger partial charge in [-0.15, -0.1) is 0 Å². The molecule has 0 bridgehead atoms. The molecule has 17 nitrogen and oxygen atoms in total. The van der Waals surface area contributed by atoms with Crippen LogP contribution in [-0.2, 0) is 65.4 Å². The topological polar surface area (TPSA) is 237 Å². The Morgan fingerprint density at radius 2 is 0.540 bits per heavy atom. The summed E-state index contributed by atoms with van der Waals surface area (Å²) in [4.78, 5) is 72.9. The van der Waals surface area contributed by atoms with E-state index in [2.05, 4.69) is 137 Å². The predicted molar refractivity (Wildman–Crippen MR) is 408 cm³/mol. The third-order valence-corrected chi connectivity index (χ3v) is 18.1. The summed E-state index contributed by atoms with van der Waals surface area (Å²) in [6, 6.07) is 0. The molecule has 0 aromatic carbocycles. The Morgan fingerprint density at radius 1 is 0.290 bits per heavy atom. The van der Waals surface area contributed by atoms with Gasteiger partial charge in [0.25, 0.3) is 0 Å². The van der Waals surface area contributed by atoms with Crippen molar-refractivity contribution in [3.63, 3.8) is 0 Å². The first-order valence-electron chi connectivity index (χ1n) is 39.1. The van der Waals surface area contributed by atoms with E-state index in [4.69, 9.17) is 37.0 Å². The van der Waals surface area contributed by atoms with Gasteiger partial charge in [-0.3, -0.25) is 37.3 Å². The SMILES string of the molecule is CC/C=C\C/C=C\C/C=C\C/C=C\CCCCCCCCC(=O)OCC(COP(=O)(O)OCC(O)COP(=O)(O)OCC(COC(=O)CCCCCCCCC/C=C\C/C=C\C/C=C\CC)OC(=O)CCCCCCC/C=C\C/C=C\CCC)OC(=O)CCCCCCCCCCCCC. The summed E-state index contributed by atoms with van der Waals surface area (Å²) in [7, 11) is -9.95. The van der Waals surface area contributed by atoms with Crippen LogP contribution in [0.25, 0.3) is 0 Å². The first-order valence-corrected chi connectivity index (χ1v) is 42.1. The number of aliphatic hydroxyl groups excluding tert-OH is 1.